The second kappa shape index (κ2) is 6.59. The van der Waals surface area contributed by atoms with Crippen LogP contribution in [-0.4, -0.2) is 15.0 Å². The van der Waals surface area contributed by atoms with Crippen molar-refractivity contribution in [3.8, 4) is 11.4 Å². The highest BCUT2D eigenvalue weighted by Crippen LogP contribution is 2.33. The summed E-state index contributed by atoms with van der Waals surface area (Å²) in [7, 11) is 0. The van der Waals surface area contributed by atoms with Gasteiger partial charge in [0, 0.05) is 38.6 Å². The van der Waals surface area contributed by atoms with E-state index in [1.807, 2.05) is 24.3 Å². The summed E-state index contributed by atoms with van der Waals surface area (Å²) in [6, 6.07) is 11.2. The molecule has 0 aliphatic heterocycles. The lowest BCUT2D eigenvalue weighted by Crippen LogP contribution is -1.98. The topological polar surface area (TPSA) is 50.7 Å². The molecule has 0 spiro atoms. The van der Waals surface area contributed by atoms with E-state index in [1.165, 1.54) is 4.88 Å². The van der Waals surface area contributed by atoms with Crippen LogP contribution in [0.25, 0.3) is 21.6 Å². The lowest BCUT2D eigenvalue weighted by molar-refractivity contribution is 1.21. The molecule has 4 aromatic rings. The molecule has 0 saturated heterocycles. The quantitative estimate of drug-likeness (QED) is 0.461. The standard InChI is InChI=1S/C18H12Cl2N4S/c1-10-5-15-17(22-14-7-12(19)6-13(20)8-14)23-16(24-18(15)25-10)11-3-2-4-21-9-11/h2-9H,1H3,(H,22,23,24). The Morgan fingerprint density at radius 1 is 1.04 bits per heavy atom. The maximum absolute atomic E-state index is 6.10. The molecule has 0 aliphatic rings. The van der Waals surface area contributed by atoms with E-state index in [9.17, 15) is 0 Å². The van der Waals surface area contributed by atoms with Gasteiger partial charge in [0.2, 0.25) is 0 Å². The first kappa shape index (κ1) is 16.3. The number of halogens is 2. The molecule has 7 heteroatoms. The van der Waals surface area contributed by atoms with Gasteiger partial charge in [-0.3, -0.25) is 4.98 Å². The van der Waals surface area contributed by atoms with Gasteiger partial charge in [-0.05, 0) is 43.3 Å². The molecule has 3 aromatic heterocycles. The van der Waals surface area contributed by atoms with Crippen LogP contribution >= 0.6 is 34.5 Å². The highest BCUT2D eigenvalue weighted by molar-refractivity contribution is 7.18. The third-order valence-corrected chi connectivity index (χ3v) is 4.94. The molecule has 1 N–H and O–H groups in total. The summed E-state index contributed by atoms with van der Waals surface area (Å²) in [6.45, 7) is 2.05. The summed E-state index contributed by atoms with van der Waals surface area (Å²) >= 11 is 13.8. The average molecular weight is 387 g/mol. The second-order valence-corrected chi connectivity index (χ2v) is 7.60. The van der Waals surface area contributed by atoms with Gasteiger partial charge in [-0.2, -0.15) is 0 Å². The first-order valence-corrected chi connectivity index (χ1v) is 9.07. The number of thiophene rings is 1. The van der Waals surface area contributed by atoms with Gasteiger partial charge in [0.05, 0.1) is 5.39 Å². The number of hydrogen-bond donors (Lipinski definition) is 1. The number of aromatic nitrogens is 3. The van der Waals surface area contributed by atoms with Gasteiger partial charge in [0.15, 0.2) is 5.82 Å². The molecule has 0 aliphatic carbocycles. The van der Waals surface area contributed by atoms with Crippen molar-refractivity contribution in [1.82, 2.24) is 15.0 Å². The van der Waals surface area contributed by atoms with Crippen LogP contribution in [-0.2, 0) is 0 Å². The summed E-state index contributed by atoms with van der Waals surface area (Å²) in [4.78, 5) is 15.6. The molecule has 0 amide bonds. The Hall–Kier alpha value is -2.21. The summed E-state index contributed by atoms with van der Waals surface area (Å²) in [5.74, 6) is 1.34. The van der Waals surface area contributed by atoms with E-state index in [0.717, 1.165) is 21.5 Å². The van der Waals surface area contributed by atoms with E-state index >= 15 is 0 Å². The van der Waals surface area contributed by atoms with Gasteiger partial charge in [-0.1, -0.05) is 23.2 Å². The Morgan fingerprint density at radius 3 is 2.56 bits per heavy atom. The van der Waals surface area contributed by atoms with Gasteiger partial charge in [0.1, 0.15) is 10.6 Å². The first-order valence-electron chi connectivity index (χ1n) is 7.50. The zero-order valence-electron chi connectivity index (χ0n) is 13.1. The van der Waals surface area contributed by atoms with Crippen LogP contribution in [0.2, 0.25) is 10.0 Å². The van der Waals surface area contributed by atoms with E-state index < -0.39 is 0 Å². The fraction of sp³-hybridized carbons (Fsp3) is 0.0556. The molecule has 0 radical (unpaired) electrons. The summed E-state index contributed by atoms with van der Waals surface area (Å²) in [6.07, 6.45) is 3.48. The number of nitrogens with one attached hydrogen (secondary N) is 1. The van der Waals surface area contributed by atoms with Crippen molar-refractivity contribution in [3.63, 3.8) is 0 Å². The number of anilines is 2. The third-order valence-electron chi connectivity index (χ3n) is 3.56. The minimum atomic E-state index is 0.564. The number of rotatable bonds is 3. The monoisotopic (exact) mass is 386 g/mol. The Bertz CT molecular complexity index is 1040. The summed E-state index contributed by atoms with van der Waals surface area (Å²) in [5, 5.41) is 5.41. The van der Waals surface area contributed by atoms with E-state index in [1.54, 1.807) is 29.8 Å². The maximum Gasteiger partial charge on any atom is 0.164 e. The minimum absolute atomic E-state index is 0.564. The fourth-order valence-electron chi connectivity index (χ4n) is 2.52. The average Bonchev–Trinajstić information content (AvgIpc) is 2.95. The van der Waals surface area contributed by atoms with E-state index in [4.69, 9.17) is 28.2 Å². The Morgan fingerprint density at radius 2 is 1.84 bits per heavy atom. The molecule has 0 fully saturated rings. The number of fused-ring (bicyclic) bond motifs is 1. The largest absolute Gasteiger partial charge is 0.339 e. The van der Waals surface area contributed by atoms with Crippen LogP contribution in [0, 0.1) is 6.92 Å². The van der Waals surface area contributed by atoms with Crippen molar-refractivity contribution in [2.75, 3.05) is 5.32 Å². The number of benzene rings is 1. The van der Waals surface area contributed by atoms with Crippen molar-refractivity contribution in [2.45, 2.75) is 6.92 Å². The Balaban J connectivity index is 1.86. The normalized spacial score (nSPS) is 11.0. The number of nitrogens with zero attached hydrogens (tertiary/aromatic N) is 3. The molecule has 3 heterocycles. The zero-order chi connectivity index (χ0) is 17.4. The molecule has 124 valence electrons. The van der Waals surface area contributed by atoms with E-state index in [2.05, 4.69) is 28.3 Å². The second-order valence-electron chi connectivity index (χ2n) is 5.50. The third kappa shape index (κ3) is 3.44. The number of aryl methyl sites for hydroxylation is 1. The molecule has 25 heavy (non-hydrogen) atoms. The van der Waals surface area contributed by atoms with Crippen molar-refractivity contribution < 1.29 is 0 Å². The number of pyridine rings is 1. The Kier molecular flexibility index (Phi) is 4.29. The highest BCUT2D eigenvalue weighted by atomic mass is 35.5. The smallest absolute Gasteiger partial charge is 0.164 e. The summed E-state index contributed by atoms with van der Waals surface area (Å²) < 4.78 is 0. The van der Waals surface area contributed by atoms with Gasteiger partial charge in [0.25, 0.3) is 0 Å². The van der Waals surface area contributed by atoms with Crippen LogP contribution in [0.1, 0.15) is 4.88 Å². The molecule has 0 saturated carbocycles. The lowest BCUT2D eigenvalue weighted by atomic mass is 10.2. The Labute approximate surface area is 158 Å². The minimum Gasteiger partial charge on any atom is -0.339 e. The first-order chi connectivity index (χ1) is 12.1. The molecule has 1 aromatic carbocycles. The van der Waals surface area contributed by atoms with Crippen LogP contribution < -0.4 is 5.32 Å². The number of hydrogen-bond acceptors (Lipinski definition) is 5. The maximum atomic E-state index is 6.10. The predicted molar refractivity (Wildman–Crippen MR) is 105 cm³/mol. The van der Waals surface area contributed by atoms with Crippen LogP contribution in [0.15, 0.2) is 48.8 Å². The molecule has 0 atom stereocenters. The molecular weight excluding hydrogens is 375 g/mol. The van der Waals surface area contributed by atoms with Gasteiger partial charge in [-0.25, -0.2) is 9.97 Å². The fourth-order valence-corrected chi connectivity index (χ4v) is 3.93. The predicted octanol–water partition coefficient (Wildman–Crippen LogP) is 6.11. The van der Waals surface area contributed by atoms with Crippen molar-refractivity contribution in [3.05, 3.63) is 63.7 Å². The van der Waals surface area contributed by atoms with E-state index in [0.29, 0.717) is 21.7 Å². The SMILES string of the molecule is Cc1cc2c(Nc3cc(Cl)cc(Cl)c3)nc(-c3cccnc3)nc2s1. The highest BCUT2D eigenvalue weighted by Gasteiger charge is 2.13. The van der Waals surface area contributed by atoms with Gasteiger partial charge >= 0.3 is 0 Å². The zero-order valence-corrected chi connectivity index (χ0v) is 15.5. The molecular formula is C18H12Cl2N4S. The molecule has 0 bridgehead atoms. The van der Waals surface area contributed by atoms with Gasteiger partial charge < -0.3 is 5.32 Å². The van der Waals surface area contributed by atoms with Crippen LogP contribution in [0.3, 0.4) is 0 Å². The van der Waals surface area contributed by atoms with Crippen molar-refractivity contribution in [1.29, 1.82) is 0 Å². The van der Waals surface area contributed by atoms with E-state index in [-0.39, 0.29) is 0 Å². The lowest BCUT2D eigenvalue weighted by Gasteiger charge is -2.10. The van der Waals surface area contributed by atoms with Crippen molar-refractivity contribution >= 4 is 56.3 Å². The van der Waals surface area contributed by atoms with Crippen LogP contribution in [0.4, 0.5) is 11.5 Å². The van der Waals surface area contributed by atoms with Crippen molar-refractivity contribution in [2.24, 2.45) is 0 Å². The summed E-state index contributed by atoms with van der Waals surface area (Å²) in [5.41, 5.74) is 1.64. The van der Waals surface area contributed by atoms with Crippen LogP contribution in [0.5, 0.6) is 0 Å². The molecule has 4 rings (SSSR count). The molecule has 0 unspecified atom stereocenters. The van der Waals surface area contributed by atoms with Gasteiger partial charge in [-0.15, -0.1) is 11.3 Å². The molecule has 4 nitrogen and oxygen atoms in total.